The summed E-state index contributed by atoms with van der Waals surface area (Å²) in [4.78, 5) is 0. The van der Waals surface area contributed by atoms with Crippen LogP contribution in [-0.2, 0) is 18.2 Å². The number of ether oxygens (including phenoxy) is 1. The van der Waals surface area contributed by atoms with Gasteiger partial charge in [0.25, 0.3) is 0 Å². The number of aryl methyl sites for hydroxylation is 1. The van der Waals surface area contributed by atoms with E-state index in [1.54, 1.807) is 4.68 Å². The highest BCUT2D eigenvalue weighted by Crippen LogP contribution is 2.34. The minimum Gasteiger partial charge on any atom is -0.374 e. The van der Waals surface area contributed by atoms with Crippen molar-refractivity contribution in [3.8, 4) is 0 Å². The Morgan fingerprint density at radius 3 is 2.72 bits per heavy atom. The molecule has 102 valence electrons. The highest BCUT2D eigenvalue weighted by Gasteiger charge is 2.38. The Balaban J connectivity index is 2.05. The highest BCUT2D eigenvalue weighted by atomic mass is 16.5. The summed E-state index contributed by atoms with van der Waals surface area (Å²) < 4.78 is 7.75. The average Bonchev–Trinajstić information content (AvgIpc) is 2.76. The molecule has 1 saturated carbocycles. The first-order valence-corrected chi connectivity index (χ1v) is 6.91. The Morgan fingerprint density at radius 1 is 1.44 bits per heavy atom. The molecule has 1 aliphatic rings. The third kappa shape index (κ3) is 2.90. The summed E-state index contributed by atoms with van der Waals surface area (Å²) in [6, 6.07) is 0.00875. The fraction of sp³-hybridized carbons (Fsp3) is 0.846. The van der Waals surface area contributed by atoms with Crippen LogP contribution in [0, 0.1) is 0 Å². The maximum absolute atomic E-state index is 6.41. The van der Waals surface area contributed by atoms with Crippen molar-refractivity contribution in [1.82, 2.24) is 15.0 Å². The molecule has 0 aliphatic heterocycles. The van der Waals surface area contributed by atoms with Gasteiger partial charge < -0.3 is 10.5 Å². The topological polar surface area (TPSA) is 66.0 Å². The van der Waals surface area contributed by atoms with E-state index in [0.29, 0.717) is 0 Å². The summed E-state index contributed by atoms with van der Waals surface area (Å²) in [5.74, 6) is 0. The molecule has 5 nitrogen and oxygen atoms in total. The SMILES string of the molecule is CCOC1(C(N)Cc2cn(C)nn2)CCCCC1. The second-order valence-corrected chi connectivity index (χ2v) is 5.25. The molecule has 1 aromatic heterocycles. The van der Waals surface area contributed by atoms with Crippen LogP contribution >= 0.6 is 0 Å². The molecular weight excluding hydrogens is 228 g/mol. The van der Waals surface area contributed by atoms with Crippen LogP contribution in [0.4, 0.5) is 0 Å². The molecule has 18 heavy (non-hydrogen) atoms. The van der Waals surface area contributed by atoms with Crippen molar-refractivity contribution in [3.63, 3.8) is 0 Å². The molecule has 1 aromatic rings. The van der Waals surface area contributed by atoms with E-state index in [0.717, 1.165) is 31.6 Å². The standard InChI is InChI=1S/C13H24N4O/c1-3-18-13(7-5-4-6-8-13)12(14)9-11-10-17(2)16-15-11/h10,12H,3-9,14H2,1-2H3. The number of hydrogen-bond donors (Lipinski definition) is 1. The van der Waals surface area contributed by atoms with Crippen LogP contribution in [0.5, 0.6) is 0 Å². The van der Waals surface area contributed by atoms with E-state index in [-0.39, 0.29) is 11.6 Å². The number of hydrogen-bond acceptors (Lipinski definition) is 4. The van der Waals surface area contributed by atoms with Gasteiger partial charge in [0, 0.05) is 32.3 Å². The van der Waals surface area contributed by atoms with Crippen molar-refractivity contribution >= 4 is 0 Å². The minimum absolute atomic E-state index is 0.00875. The lowest BCUT2D eigenvalue weighted by atomic mass is 9.78. The molecule has 5 heteroatoms. The van der Waals surface area contributed by atoms with Crippen molar-refractivity contribution < 1.29 is 4.74 Å². The molecule has 1 unspecified atom stereocenters. The lowest BCUT2D eigenvalue weighted by Gasteiger charge is -2.41. The summed E-state index contributed by atoms with van der Waals surface area (Å²) >= 11 is 0. The minimum atomic E-state index is -0.148. The van der Waals surface area contributed by atoms with E-state index in [2.05, 4.69) is 10.3 Å². The van der Waals surface area contributed by atoms with Crippen LogP contribution in [0.2, 0.25) is 0 Å². The molecule has 1 heterocycles. The maximum atomic E-state index is 6.41. The molecule has 1 fully saturated rings. The van der Waals surface area contributed by atoms with Crippen LogP contribution in [0.25, 0.3) is 0 Å². The van der Waals surface area contributed by atoms with Crippen LogP contribution in [0.1, 0.15) is 44.7 Å². The van der Waals surface area contributed by atoms with Gasteiger partial charge in [-0.15, -0.1) is 5.10 Å². The van der Waals surface area contributed by atoms with Crippen LogP contribution in [0.3, 0.4) is 0 Å². The lowest BCUT2D eigenvalue weighted by Crippen LogP contribution is -2.52. The van der Waals surface area contributed by atoms with Crippen molar-refractivity contribution in [1.29, 1.82) is 0 Å². The molecule has 1 atom stereocenters. The second-order valence-electron chi connectivity index (χ2n) is 5.25. The quantitative estimate of drug-likeness (QED) is 0.860. The van der Waals surface area contributed by atoms with Crippen molar-refractivity contribution in [2.75, 3.05) is 6.61 Å². The number of nitrogens with zero attached hydrogens (tertiary/aromatic N) is 3. The lowest BCUT2D eigenvalue weighted by molar-refractivity contribution is -0.0819. The zero-order valence-corrected chi connectivity index (χ0v) is 11.4. The molecular formula is C13H24N4O. The van der Waals surface area contributed by atoms with Gasteiger partial charge >= 0.3 is 0 Å². The summed E-state index contributed by atoms with van der Waals surface area (Å²) in [6.07, 6.45) is 8.55. The predicted octanol–water partition coefficient (Wildman–Crippen LogP) is 1.42. The van der Waals surface area contributed by atoms with Crippen LogP contribution < -0.4 is 5.73 Å². The van der Waals surface area contributed by atoms with Gasteiger partial charge in [-0.05, 0) is 19.8 Å². The Labute approximate surface area is 109 Å². The largest absolute Gasteiger partial charge is 0.374 e. The monoisotopic (exact) mass is 252 g/mol. The van der Waals surface area contributed by atoms with Crippen LogP contribution in [0.15, 0.2) is 6.20 Å². The average molecular weight is 252 g/mol. The molecule has 0 aromatic carbocycles. The normalized spacial score (nSPS) is 20.8. The molecule has 0 bridgehead atoms. The first kappa shape index (κ1) is 13.5. The zero-order valence-electron chi connectivity index (χ0n) is 11.4. The maximum Gasteiger partial charge on any atom is 0.0843 e. The molecule has 2 rings (SSSR count). The summed E-state index contributed by atoms with van der Waals surface area (Å²) in [5.41, 5.74) is 7.21. The molecule has 1 aliphatic carbocycles. The Kier molecular flexibility index (Phi) is 4.35. The zero-order chi connectivity index (χ0) is 13.0. The van der Waals surface area contributed by atoms with Gasteiger partial charge in [-0.25, -0.2) is 0 Å². The van der Waals surface area contributed by atoms with Crippen molar-refractivity contribution in [2.24, 2.45) is 12.8 Å². The van der Waals surface area contributed by atoms with Gasteiger partial charge in [-0.3, -0.25) is 4.68 Å². The van der Waals surface area contributed by atoms with Crippen LogP contribution in [-0.4, -0.2) is 33.2 Å². The third-order valence-electron chi connectivity index (χ3n) is 3.89. The first-order valence-electron chi connectivity index (χ1n) is 6.91. The fourth-order valence-corrected chi connectivity index (χ4v) is 2.96. The molecule has 0 radical (unpaired) electrons. The smallest absolute Gasteiger partial charge is 0.0843 e. The van der Waals surface area contributed by atoms with Crippen molar-refractivity contribution in [2.45, 2.75) is 57.1 Å². The van der Waals surface area contributed by atoms with Gasteiger partial charge in [0.1, 0.15) is 0 Å². The molecule has 0 spiro atoms. The Bertz CT molecular complexity index is 365. The Hall–Kier alpha value is -0.940. The number of rotatable bonds is 5. The van der Waals surface area contributed by atoms with Crippen molar-refractivity contribution in [3.05, 3.63) is 11.9 Å². The van der Waals surface area contributed by atoms with Gasteiger partial charge in [0.05, 0.1) is 11.3 Å². The van der Waals surface area contributed by atoms with E-state index < -0.39 is 0 Å². The molecule has 0 saturated heterocycles. The predicted molar refractivity (Wildman–Crippen MR) is 70.1 cm³/mol. The van der Waals surface area contributed by atoms with E-state index in [1.807, 2.05) is 20.2 Å². The summed E-state index contributed by atoms with van der Waals surface area (Å²) in [5, 5.41) is 8.07. The van der Waals surface area contributed by atoms with Gasteiger partial charge in [-0.1, -0.05) is 24.5 Å². The molecule has 0 amide bonds. The summed E-state index contributed by atoms with van der Waals surface area (Å²) in [6.45, 7) is 2.78. The third-order valence-corrected chi connectivity index (χ3v) is 3.89. The van der Waals surface area contributed by atoms with E-state index in [1.165, 1.54) is 19.3 Å². The summed E-state index contributed by atoms with van der Waals surface area (Å²) in [7, 11) is 1.88. The first-order chi connectivity index (χ1) is 8.66. The van der Waals surface area contributed by atoms with Gasteiger partial charge in [-0.2, -0.15) is 0 Å². The van der Waals surface area contributed by atoms with E-state index in [9.17, 15) is 0 Å². The Morgan fingerprint density at radius 2 is 2.17 bits per heavy atom. The van der Waals surface area contributed by atoms with E-state index in [4.69, 9.17) is 10.5 Å². The number of nitrogens with two attached hydrogens (primary N) is 1. The van der Waals surface area contributed by atoms with Gasteiger partial charge in [0.15, 0.2) is 0 Å². The van der Waals surface area contributed by atoms with E-state index >= 15 is 0 Å². The second kappa shape index (κ2) is 5.80. The van der Waals surface area contributed by atoms with Gasteiger partial charge in [0.2, 0.25) is 0 Å². The fourth-order valence-electron chi connectivity index (χ4n) is 2.96. The highest BCUT2D eigenvalue weighted by molar-refractivity contribution is 5.03. The number of aromatic nitrogens is 3. The molecule has 2 N–H and O–H groups in total.